The number of pyridine rings is 1. The number of carbonyl (C=O) groups excluding carboxylic acids is 1. The molecular formula is C17H15FN6O. The molecule has 7 nitrogen and oxygen atoms in total. The monoisotopic (exact) mass is 338 g/mol. The first-order valence-corrected chi connectivity index (χ1v) is 7.63. The number of imidazole rings is 1. The van der Waals surface area contributed by atoms with Crippen LogP contribution in [0.2, 0.25) is 0 Å². The lowest BCUT2D eigenvalue weighted by Crippen LogP contribution is -2.15. The largest absolute Gasteiger partial charge is 0.372 e. The van der Waals surface area contributed by atoms with E-state index in [-0.39, 0.29) is 5.56 Å². The third kappa shape index (κ3) is 2.14. The molecule has 0 aliphatic heterocycles. The maximum absolute atomic E-state index is 14.8. The highest BCUT2D eigenvalue weighted by atomic mass is 19.1. The zero-order valence-electron chi connectivity index (χ0n) is 13.6. The van der Waals surface area contributed by atoms with Gasteiger partial charge in [-0.05, 0) is 30.2 Å². The SMILES string of the molecule is CNc1cn2cc(-c3c(C)c(F)c(C(N)=O)c4[nH]ncc34)ccc2n1. The number of aromatic amines is 1. The minimum atomic E-state index is -0.829. The lowest BCUT2D eigenvalue weighted by molar-refractivity contribution is 0.0998. The van der Waals surface area contributed by atoms with Gasteiger partial charge in [-0.15, -0.1) is 0 Å². The van der Waals surface area contributed by atoms with E-state index in [0.717, 1.165) is 17.0 Å². The smallest absolute Gasteiger partial charge is 0.253 e. The van der Waals surface area contributed by atoms with Crippen molar-refractivity contribution in [2.45, 2.75) is 6.92 Å². The average molecular weight is 338 g/mol. The number of fused-ring (bicyclic) bond motifs is 2. The van der Waals surface area contributed by atoms with Crippen molar-refractivity contribution < 1.29 is 9.18 Å². The first-order valence-electron chi connectivity index (χ1n) is 7.63. The number of anilines is 1. The van der Waals surface area contributed by atoms with Gasteiger partial charge >= 0.3 is 0 Å². The minimum absolute atomic E-state index is 0.171. The number of nitrogens with zero attached hydrogens (tertiary/aromatic N) is 3. The fourth-order valence-electron chi connectivity index (χ4n) is 3.14. The van der Waals surface area contributed by atoms with Gasteiger partial charge < -0.3 is 15.5 Å². The number of rotatable bonds is 3. The summed E-state index contributed by atoms with van der Waals surface area (Å²) in [5.41, 5.74) is 8.03. The van der Waals surface area contributed by atoms with Crippen molar-refractivity contribution in [3.63, 3.8) is 0 Å². The predicted molar refractivity (Wildman–Crippen MR) is 93.0 cm³/mol. The second-order valence-electron chi connectivity index (χ2n) is 5.77. The highest BCUT2D eigenvalue weighted by Crippen LogP contribution is 2.35. The van der Waals surface area contributed by atoms with Crippen LogP contribution in [-0.4, -0.2) is 32.5 Å². The second kappa shape index (κ2) is 5.30. The molecule has 3 aromatic heterocycles. The molecule has 1 amide bonds. The molecule has 4 aromatic rings. The summed E-state index contributed by atoms with van der Waals surface area (Å²) in [5.74, 6) is -0.733. The first-order chi connectivity index (χ1) is 12.0. The van der Waals surface area contributed by atoms with Crippen LogP contribution in [0.25, 0.3) is 27.7 Å². The summed E-state index contributed by atoms with van der Waals surface area (Å²) >= 11 is 0. The van der Waals surface area contributed by atoms with E-state index in [2.05, 4.69) is 20.5 Å². The van der Waals surface area contributed by atoms with Gasteiger partial charge in [0.1, 0.15) is 22.8 Å². The van der Waals surface area contributed by atoms with E-state index in [1.54, 1.807) is 20.2 Å². The van der Waals surface area contributed by atoms with Crippen molar-refractivity contribution in [1.82, 2.24) is 19.6 Å². The summed E-state index contributed by atoms with van der Waals surface area (Å²) in [5, 5.41) is 10.3. The van der Waals surface area contributed by atoms with Crippen LogP contribution < -0.4 is 11.1 Å². The number of benzene rings is 1. The standard InChI is InChI=1S/C17H15FN6O/c1-8-13(9-3-4-12-22-11(20-2)7-24(12)6-9)10-5-21-23-16(10)14(15(8)18)17(19)25/h3-7,20H,1-2H3,(H2,19,25)(H,21,23). The molecule has 0 saturated carbocycles. The Bertz CT molecular complexity index is 1140. The van der Waals surface area contributed by atoms with Crippen LogP contribution in [0.4, 0.5) is 10.2 Å². The van der Waals surface area contributed by atoms with Gasteiger partial charge in [0, 0.05) is 24.2 Å². The molecule has 126 valence electrons. The quantitative estimate of drug-likeness (QED) is 0.534. The van der Waals surface area contributed by atoms with Crippen LogP contribution in [0.1, 0.15) is 15.9 Å². The first kappa shape index (κ1) is 15.1. The molecule has 0 atom stereocenters. The Labute approximate surface area is 141 Å². The maximum Gasteiger partial charge on any atom is 0.253 e. The molecule has 0 unspecified atom stereocenters. The van der Waals surface area contributed by atoms with Crippen LogP contribution in [0.3, 0.4) is 0 Å². The Morgan fingerprint density at radius 3 is 2.88 bits per heavy atom. The van der Waals surface area contributed by atoms with Crippen molar-refractivity contribution in [3.8, 4) is 11.1 Å². The molecule has 0 saturated heterocycles. The van der Waals surface area contributed by atoms with Crippen LogP contribution in [0, 0.1) is 12.7 Å². The molecule has 3 heterocycles. The molecule has 0 aliphatic carbocycles. The molecule has 4 N–H and O–H groups in total. The Morgan fingerprint density at radius 2 is 2.16 bits per heavy atom. The van der Waals surface area contributed by atoms with Gasteiger partial charge in [0.15, 0.2) is 0 Å². The molecule has 4 rings (SSSR count). The summed E-state index contributed by atoms with van der Waals surface area (Å²) in [6, 6.07) is 3.71. The lowest BCUT2D eigenvalue weighted by atomic mass is 9.94. The third-order valence-electron chi connectivity index (χ3n) is 4.32. The van der Waals surface area contributed by atoms with E-state index in [9.17, 15) is 9.18 Å². The second-order valence-corrected chi connectivity index (χ2v) is 5.77. The van der Waals surface area contributed by atoms with Gasteiger partial charge in [0.05, 0.1) is 17.9 Å². The number of carbonyl (C=O) groups is 1. The number of H-pyrrole nitrogens is 1. The Hall–Kier alpha value is -3.42. The van der Waals surface area contributed by atoms with Crippen molar-refractivity contribution in [1.29, 1.82) is 0 Å². The van der Waals surface area contributed by atoms with Crippen molar-refractivity contribution >= 4 is 28.3 Å². The van der Waals surface area contributed by atoms with Gasteiger partial charge in [0.2, 0.25) is 0 Å². The molecule has 1 aromatic carbocycles. The molecule has 25 heavy (non-hydrogen) atoms. The van der Waals surface area contributed by atoms with E-state index in [0.29, 0.717) is 22.0 Å². The van der Waals surface area contributed by atoms with Crippen LogP contribution in [0.15, 0.2) is 30.7 Å². The van der Waals surface area contributed by atoms with E-state index in [1.165, 1.54) is 0 Å². The zero-order valence-corrected chi connectivity index (χ0v) is 13.6. The molecular weight excluding hydrogens is 323 g/mol. The van der Waals surface area contributed by atoms with Gasteiger partial charge in [-0.3, -0.25) is 9.89 Å². The van der Waals surface area contributed by atoms with Crippen molar-refractivity contribution in [2.24, 2.45) is 5.73 Å². The van der Waals surface area contributed by atoms with Crippen LogP contribution in [0.5, 0.6) is 0 Å². The number of aromatic nitrogens is 4. The highest BCUT2D eigenvalue weighted by molar-refractivity contribution is 6.09. The Balaban J connectivity index is 2.04. The van der Waals surface area contributed by atoms with E-state index in [4.69, 9.17) is 5.73 Å². The topological polar surface area (TPSA) is 101 Å². The zero-order chi connectivity index (χ0) is 17.7. The highest BCUT2D eigenvalue weighted by Gasteiger charge is 2.22. The summed E-state index contributed by atoms with van der Waals surface area (Å²) in [4.78, 5) is 16.1. The number of nitrogens with two attached hydrogens (primary N) is 1. The number of halogens is 1. The molecule has 0 aliphatic rings. The number of amides is 1. The Kier molecular flexibility index (Phi) is 3.21. The van der Waals surface area contributed by atoms with Gasteiger partial charge in [-0.2, -0.15) is 5.10 Å². The number of hydrogen-bond acceptors (Lipinski definition) is 4. The summed E-state index contributed by atoms with van der Waals surface area (Å²) in [7, 11) is 1.79. The number of primary amides is 1. The summed E-state index contributed by atoms with van der Waals surface area (Å²) < 4.78 is 16.7. The normalized spacial score (nSPS) is 11.3. The Morgan fingerprint density at radius 1 is 1.36 bits per heavy atom. The molecule has 8 heteroatoms. The minimum Gasteiger partial charge on any atom is -0.372 e. The molecule has 0 spiro atoms. The average Bonchev–Trinajstić information content (AvgIpc) is 3.21. The fourth-order valence-corrected chi connectivity index (χ4v) is 3.14. The lowest BCUT2D eigenvalue weighted by Gasteiger charge is -2.12. The van der Waals surface area contributed by atoms with Crippen LogP contribution >= 0.6 is 0 Å². The van der Waals surface area contributed by atoms with Gasteiger partial charge in [-0.25, -0.2) is 9.37 Å². The molecule has 0 bridgehead atoms. The van der Waals surface area contributed by atoms with Gasteiger partial charge in [-0.1, -0.05) is 0 Å². The van der Waals surface area contributed by atoms with Gasteiger partial charge in [0.25, 0.3) is 5.91 Å². The fraction of sp³-hybridized carbons (Fsp3) is 0.118. The maximum atomic E-state index is 14.8. The van der Waals surface area contributed by atoms with Crippen molar-refractivity contribution in [2.75, 3.05) is 12.4 Å². The predicted octanol–water partition coefficient (Wildman–Crippen LogP) is 2.47. The van der Waals surface area contributed by atoms with E-state index < -0.39 is 11.7 Å². The third-order valence-corrected chi connectivity index (χ3v) is 4.32. The van der Waals surface area contributed by atoms with Crippen LogP contribution in [-0.2, 0) is 0 Å². The molecule has 0 radical (unpaired) electrons. The summed E-state index contributed by atoms with van der Waals surface area (Å²) in [6.07, 6.45) is 5.27. The number of nitrogens with one attached hydrogen (secondary N) is 2. The summed E-state index contributed by atoms with van der Waals surface area (Å²) in [6.45, 7) is 1.63. The van der Waals surface area contributed by atoms with E-state index in [1.807, 2.05) is 28.9 Å². The number of hydrogen-bond donors (Lipinski definition) is 3. The van der Waals surface area contributed by atoms with E-state index >= 15 is 0 Å². The van der Waals surface area contributed by atoms with Crippen molar-refractivity contribution in [3.05, 3.63) is 47.7 Å². The molecule has 0 fully saturated rings.